The van der Waals surface area contributed by atoms with Crippen molar-refractivity contribution in [1.29, 1.82) is 0 Å². The summed E-state index contributed by atoms with van der Waals surface area (Å²) in [5.74, 6) is -1.19. The molecule has 0 aromatic heterocycles. The van der Waals surface area contributed by atoms with Crippen LogP contribution in [0.25, 0.3) is 0 Å². The summed E-state index contributed by atoms with van der Waals surface area (Å²) in [5.41, 5.74) is 0. The molecule has 0 spiro atoms. The van der Waals surface area contributed by atoms with Gasteiger partial charge in [-0.1, -0.05) is 12.3 Å². The predicted octanol–water partition coefficient (Wildman–Crippen LogP) is -0.0731. The summed E-state index contributed by atoms with van der Waals surface area (Å²) in [6.45, 7) is -0.190. The minimum atomic E-state index is -0.916. The summed E-state index contributed by atoms with van der Waals surface area (Å²) < 4.78 is 13.0. The smallest absolute Gasteiger partial charge is 0.320 e. The van der Waals surface area contributed by atoms with E-state index in [4.69, 9.17) is 12.8 Å². The first-order valence-electron chi connectivity index (χ1n) is 5.47. The Labute approximate surface area is 115 Å². The van der Waals surface area contributed by atoms with E-state index in [1.807, 2.05) is 0 Å². The molecule has 106 valence electrons. The van der Waals surface area contributed by atoms with Crippen LogP contribution in [0.2, 0.25) is 0 Å². The van der Waals surface area contributed by atoms with Gasteiger partial charge in [-0.15, -0.1) is 6.42 Å². The maximum atomic E-state index is 11.2. The van der Waals surface area contributed by atoms with Crippen LogP contribution in [0.3, 0.4) is 0 Å². The van der Waals surface area contributed by atoms with Crippen molar-refractivity contribution in [3.8, 4) is 24.9 Å². The minimum Gasteiger partial charge on any atom is -0.452 e. The monoisotopic (exact) mass is 280 g/mol. The molecule has 7 heteroatoms. The number of hydrogen-bond acceptors (Lipinski definition) is 7. The van der Waals surface area contributed by atoms with Gasteiger partial charge in [-0.05, 0) is 0 Å². The van der Waals surface area contributed by atoms with Crippen LogP contribution in [-0.2, 0) is 33.4 Å². The number of esters is 4. The molecule has 0 bridgehead atoms. The highest BCUT2D eigenvalue weighted by Crippen LogP contribution is 2.00. The zero-order chi connectivity index (χ0) is 15.4. The van der Waals surface area contributed by atoms with Crippen LogP contribution in [0.5, 0.6) is 0 Å². The summed E-state index contributed by atoms with van der Waals surface area (Å²) >= 11 is 0. The minimum absolute atomic E-state index is 0.190. The van der Waals surface area contributed by atoms with Crippen molar-refractivity contribution in [3.05, 3.63) is 0 Å². The number of terminal acetylenes is 2. The fraction of sp³-hybridized carbons (Fsp3) is 0.385. The molecule has 0 heterocycles. The Balaban J connectivity index is 3.84. The summed E-state index contributed by atoms with van der Waals surface area (Å²) in [6.07, 6.45) is 9.97. The molecule has 0 radical (unpaired) electrons. The summed E-state index contributed by atoms with van der Waals surface area (Å²) in [7, 11) is 0. The summed E-state index contributed by atoms with van der Waals surface area (Å²) in [5, 5.41) is 0. The third-order valence-electron chi connectivity index (χ3n) is 1.78. The van der Waals surface area contributed by atoms with Gasteiger partial charge in [-0.25, -0.2) is 0 Å². The average Bonchev–Trinajstić information content (AvgIpc) is 2.41. The van der Waals surface area contributed by atoms with E-state index in [9.17, 15) is 19.2 Å². The number of rotatable bonds is 7. The van der Waals surface area contributed by atoms with E-state index in [2.05, 4.69) is 20.1 Å². The Morgan fingerprint density at radius 2 is 1.30 bits per heavy atom. The van der Waals surface area contributed by atoms with Crippen LogP contribution in [-0.4, -0.2) is 30.5 Å². The zero-order valence-electron chi connectivity index (χ0n) is 10.5. The molecule has 20 heavy (non-hydrogen) atoms. The Morgan fingerprint density at radius 1 is 0.800 bits per heavy atom. The van der Waals surface area contributed by atoms with E-state index in [-0.39, 0.29) is 32.3 Å². The highest BCUT2D eigenvalue weighted by Gasteiger charge is 2.14. The Kier molecular flexibility index (Phi) is 8.73. The van der Waals surface area contributed by atoms with Crippen LogP contribution in [0.15, 0.2) is 0 Å². The Morgan fingerprint density at radius 3 is 1.80 bits per heavy atom. The quantitative estimate of drug-likeness (QED) is 0.278. The molecule has 0 saturated heterocycles. The number of ether oxygens (including phenoxy) is 3. The third kappa shape index (κ3) is 9.25. The molecule has 0 aliphatic rings. The van der Waals surface area contributed by atoms with Crippen molar-refractivity contribution in [2.24, 2.45) is 0 Å². The van der Waals surface area contributed by atoms with Gasteiger partial charge in [0.15, 0.2) is 6.61 Å². The van der Waals surface area contributed by atoms with E-state index in [0.29, 0.717) is 0 Å². The SMILES string of the molecule is C#CCOC(=O)CCC(=O)OC(=O)CCC(=O)OC#C. The van der Waals surface area contributed by atoms with Gasteiger partial charge in [-0.2, -0.15) is 0 Å². The average molecular weight is 280 g/mol. The highest BCUT2D eigenvalue weighted by molar-refractivity contribution is 5.88. The molecule has 7 nitrogen and oxygen atoms in total. The van der Waals surface area contributed by atoms with E-state index in [0.717, 1.165) is 0 Å². The van der Waals surface area contributed by atoms with Gasteiger partial charge in [0.25, 0.3) is 0 Å². The van der Waals surface area contributed by atoms with Crippen LogP contribution < -0.4 is 0 Å². The van der Waals surface area contributed by atoms with Crippen molar-refractivity contribution < 1.29 is 33.4 Å². The van der Waals surface area contributed by atoms with Crippen molar-refractivity contribution in [1.82, 2.24) is 0 Å². The maximum Gasteiger partial charge on any atom is 0.320 e. The van der Waals surface area contributed by atoms with E-state index in [1.54, 1.807) is 6.11 Å². The van der Waals surface area contributed by atoms with Crippen LogP contribution in [0.4, 0.5) is 0 Å². The number of carbonyl (C=O) groups excluding carboxylic acids is 4. The molecule has 0 aromatic carbocycles. The Bertz CT molecular complexity index is 464. The van der Waals surface area contributed by atoms with Crippen molar-refractivity contribution in [3.63, 3.8) is 0 Å². The second-order valence-electron chi connectivity index (χ2n) is 3.30. The molecule has 0 aromatic rings. The topological polar surface area (TPSA) is 96.0 Å². The third-order valence-corrected chi connectivity index (χ3v) is 1.78. The summed E-state index contributed by atoms with van der Waals surface area (Å²) in [6, 6.07) is 0. The molecule has 0 fully saturated rings. The first-order valence-corrected chi connectivity index (χ1v) is 5.47. The molecule has 0 saturated carbocycles. The summed E-state index contributed by atoms with van der Waals surface area (Å²) in [4.78, 5) is 44.1. The second kappa shape index (κ2) is 10.2. The van der Waals surface area contributed by atoms with Gasteiger partial charge in [0.05, 0.1) is 25.7 Å². The van der Waals surface area contributed by atoms with E-state index >= 15 is 0 Å². The van der Waals surface area contributed by atoms with E-state index in [1.165, 1.54) is 0 Å². The van der Waals surface area contributed by atoms with Gasteiger partial charge < -0.3 is 14.2 Å². The second-order valence-corrected chi connectivity index (χ2v) is 3.30. The molecule has 0 N–H and O–H groups in total. The van der Waals surface area contributed by atoms with Crippen LogP contribution in [0.1, 0.15) is 25.7 Å². The molecule has 0 amide bonds. The fourth-order valence-electron chi connectivity index (χ4n) is 0.948. The molecule has 0 aliphatic carbocycles. The highest BCUT2D eigenvalue weighted by atomic mass is 16.6. The van der Waals surface area contributed by atoms with Gasteiger partial charge in [0.2, 0.25) is 0 Å². The van der Waals surface area contributed by atoms with Crippen LogP contribution >= 0.6 is 0 Å². The predicted molar refractivity (Wildman–Crippen MR) is 64.3 cm³/mol. The van der Waals surface area contributed by atoms with Crippen LogP contribution in [0, 0.1) is 24.9 Å². The zero-order valence-corrected chi connectivity index (χ0v) is 10.5. The van der Waals surface area contributed by atoms with E-state index < -0.39 is 23.9 Å². The van der Waals surface area contributed by atoms with Gasteiger partial charge >= 0.3 is 23.9 Å². The van der Waals surface area contributed by atoms with Gasteiger partial charge in [0, 0.05) is 0 Å². The lowest BCUT2D eigenvalue weighted by atomic mass is 10.3. The Hall–Kier alpha value is -2.80. The lowest BCUT2D eigenvalue weighted by Gasteiger charge is -2.02. The van der Waals surface area contributed by atoms with Gasteiger partial charge in [0.1, 0.15) is 6.11 Å². The first kappa shape index (κ1) is 17.2. The molecular weight excluding hydrogens is 268 g/mol. The molecule has 0 rings (SSSR count). The lowest BCUT2D eigenvalue weighted by Crippen LogP contribution is -2.15. The van der Waals surface area contributed by atoms with Gasteiger partial charge in [-0.3, -0.25) is 19.2 Å². The fourth-order valence-corrected chi connectivity index (χ4v) is 0.948. The number of hydrogen-bond donors (Lipinski definition) is 0. The van der Waals surface area contributed by atoms with Crippen molar-refractivity contribution in [2.75, 3.05) is 6.61 Å². The number of carbonyl (C=O) groups is 4. The lowest BCUT2D eigenvalue weighted by molar-refractivity contribution is -0.162. The molecular formula is C13H12O7. The normalized spacial score (nSPS) is 8.70. The molecule has 0 aliphatic heterocycles. The molecule has 0 atom stereocenters. The largest absolute Gasteiger partial charge is 0.452 e. The van der Waals surface area contributed by atoms with Crippen molar-refractivity contribution in [2.45, 2.75) is 25.7 Å². The van der Waals surface area contributed by atoms with Crippen molar-refractivity contribution >= 4 is 23.9 Å². The molecule has 0 unspecified atom stereocenters. The standard InChI is InChI=1S/C13H12O7/c1-3-9-19-11(15)6-8-13(17)20-12(16)7-5-10(14)18-4-2/h1-2H,5-9H2. The first-order chi connectivity index (χ1) is 9.49. The maximum absolute atomic E-state index is 11.2.